The summed E-state index contributed by atoms with van der Waals surface area (Å²) in [5.41, 5.74) is 9.38. The number of nitrogen functional groups attached to an aromatic ring is 1. The molecule has 1 saturated heterocycles. The fraction of sp³-hybridized carbons (Fsp3) is 0.308. The zero-order valence-electron chi connectivity index (χ0n) is 19.4. The van der Waals surface area contributed by atoms with Crippen molar-refractivity contribution in [3.63, 3.8) is 0 Å². The summed E-state index contributed by atoms with van der Waals surface area (Å²) in [5, 5.41) is 4.30. The van der Waals surface area contributed by atoms with Crippen molar-refractivity contribution in [1.82, 2.24) is 19.4 Å². The van der Waals surface area contributed by atoms with Gasteiger partial charge in [-0.25, -0.2) is 9.97 Å². The lowest BCUT2D eigenvalue weighted by molar-refractivity contribution is -0.139. The van der Waals surface area contributed by atoms with E-state index < -0.39 is 12.7 Å². The SMILES string of the molecule is CN1CCC(Nc2cccc3c2cc(-c2cc(-c4ccccc4)nc(N)n2)n3CC(F)(F)F)CC1. The van der Waals surface area contributed by atoms with Crippen molar-refractivity contribution in [3.8, 4) is 22.6 Å². The molecule has 3 N–H and O–H groups in total. The van der Waals surface area contributed by atoms with Crippen LogP contribution in [0, 0.1) is 0 Å². The predicted molar refractivity (Wildman–Crippen MR) is 133 cm³/mol. The summed E-state index contributed by atoms with van der Waals surface area (Å²) in [6.07, 6.45) is -2.45. The monoisotopic (exact) mass is 480 g/mol. The topological polar surface area (TPSA) is 72.0 Å². The second-order valence-electron chi connectivity index (χ2n) is 9.05. The lowest BCUT2D eigenvalue weighted by Crippen LogP contribution is -2.36. The van der Waals surface area contributed by atoms with Crippen molar-refractivity contribution in [2.45, 2.75) is 31.6 Å². The van der Waals surface area contributed by atoms with E-state index in [4.69, 9.17) is 5.73 Å². The largest absolute Gasteiger partial charge is 0.406 e. The van der Waals surface area contributed by atoms with E-state index in [9.17, 15) is 13.2 Å². The number of alkyl halides is 3. The second kappa shape index (κ2) is 9.22. The Labute approximate surface area is 201 Å². The molecule has 2 aromatic heterocycles. The van der Waals surface area contributed by atoms with Gasteiger partial charge < -0.3 is 20.5 Å². The van der Waals surface area contributed by atoms with Gasteiger partial charge in [-0.2, -0.15) is 13.2 Å². The molecule has 0 bridgehead atoms. The Balaban J connectivity index is 1.62. The summed E-state index contributed by atoms with van der Waals surface area (Å²) in [7, 11) is 2.09. The van der Waals surface area contributed by atoms with E-state index in [-0.39, 0.29) is 12.0 Å². The molecule has 182 valence electrons. The van der Waals surface area contributed by atoms with Crippen molar-refractivity contribution in [3.05, 3.63) is 60.7 Å². The van der Waals surface area contributed by atoms with Crippen LogP contribution < -0.4 is 11.1 Å². The molecule has 2 aromatic carbocycles. The van der Waals surface area contributed by atoms with Crippen molar-refractivity contribution in [2.24, 2.45) is 0 Å². The first-order valence-corrected chi connectivity index (χ1v) is 11.6. The molecular formula is C26H27F3N6. The van der Waals surface area contributed by atoms with E-state index >= 15 is 0 Å². The number of piperidine rings is 1. The maximum Gasteiger partial charge on any atom is 0.406 e. The van der Waals surface area contributed by atoms with Crippen LogP contribution in [0.15, 0.2) is 60.7 Å². The van der Waals surface area contributed by atoms with Gasteiger partial charge in [0.05, 0.1) is 22.6 Å². The van der Waals surface area contributed by atoms with Gasteiger partial charge in [0.2, 0.25) is 5.95 Å². The zero-order chi connectivity index (χ0) is 24.6. The van der Waals surface area contributed by atoms with Crippen LogP contribution in [0.1, 0.15) is 12.8 Å². The van der Waals surface area contributed by atoms with E-state index in [0.29, 0.717) is 22.6 Å². The number of aromatic nitrogens is 3. The van der Waals surface area contributed by atoms with Crippen LogP contribution in [-0.4, -0.2) is 51.8 Å². The van der Waals surface area contributed by atoms with E-state index in [1.807, 2.05) is 36.4 Å². The molecule has 0 atom stereocenters. The summed E-state index contributed by atoms with van der Waals surface area (Å²) in [5.74, 6) is 0.00911. The number of anilines is 2. The van der Waals surface area contributed by atoms with Gasteiger partial charge in [-0.3, -0.25) is 0 Å². The highest BCUT2D eigenvalue weighted by molar-refractivity contribution is 5.96. The van der Waals surface area contributed by atoms with Gasteiger partial charge in [0.15, 0.2) is 0 Å². The average Bonchev–Trinajstić information content (AvgIpc) is 3.19. The first-order valence-electron chi connectivity index (χ1n) is 11.6. The fourth-order valence-corrected chi connectivity index (χ4v) is 4.70. The highest BCUT2D eigenvalue weighted by atomic mass is 19.4. The van der Waals surface area contributed by atoms with Gasteiger partial charge in [0.25, 0.3) is 0 Å². The Hall–Kier alpha value is -3.59. The second-order valence-corrected chi connectivity index (χ2v) is 9.05. The number of hydrogen-bond acceptors (Lipinski definition) is 5. The van der Waals surface area contributed by atoms with E-state index in [1.54, 1.807) is 24.3 Å². The first kappa shape index (κ1) is 23.2. The summed E-state index contributed by atoms with van der Waals surface area (Å²) in [6, 6.07) is 18.5. The number of halogens is 3. The van der Waals surface area contributed by atoms with Crippen LogP contribution in [0.25, 0.3) is 33.5 Å². The van der Waals surface area contributed by atoms with Crippen LogP contribution >= 0.6 is 0 Å². The molecule has 6 nitrogen and oxygen atoms in total. The third-order valence-corrected chi connectivity index (χ3v) is 6.44. The van der Waals surface area contributed by atoms with Gasteiger partial charge in [-0.15, -0.1) is 0 Å². The summed E-state index contributed by atoms with van der Waals surface area (Å²) in [4.78, 5) is 10.9. The van der Waals surface area contributed by atoms with Crippen LogP contribution in [0.4, 0.5) is 24.8 Å². The number of nitrogens with one attached hydrogen (secondary N) is 1. The molecule has 0 amide bonds. The Morgan fingerprint density at radius 1 is 0.971 bits per heavy atom. The minimum Gasteiger partial charge on any atom is -0.382 e. The molecule has 35 heavy (non-hydrogen) atoms. The quantitative estimate of drug-likeness (QED) is 0.399. The van der Waals surface area contributed by atoms with Crippen molar-refractivity contribution >= 4 is 22.5 Å². The third-order valence-electron chi connectivity index (χ3n) is 6.44. The van der Waals surface area contributed by atoms with Crippen LogP contribution in [0.2, 0.25) is 0 Å². The predicted octanol–water partition coefficient (Wildman–Crippen LogP) is 5.42. The Morgan fingerprint density at radius 2 is 1.69 bits per heavy atom. The molecule has 9 heteroatoms. The van der Waals surface area contributed by atoms with Gasteiger partial charge in [0.1, 0.15) is 6.54 Å². The Morgan fingerprint density at radius 3 is 2.40 bits per heavy atom. The molecule has 0 unspecified atom stereocenters. The minimum atomic E-state index is -4.40. The smallest absolute Gasteiger partial charge is 0.382 e. The van der Waals surface area contributed by atoms with Gasteiger partial charge in [-0.1, -0.05) is 36.4 Å². The minimum absolute atomic E-state index is 0.00911. The Bertz CT molecular complexity index is 1320. The normalized spacial score (nSPS) is 15.5. The molecule has 1 aliphatic heterocycles. The number of rotatable bonds is 5. The van der Waals surface area contributed by atoms with Crippen molar-refractivity contribution in [2.75, 3.05) is 31.2 Å². The number of nitrogens with two attached hydrogens (primary N) is 1. The number of hydrogen-bond donors (Lipinski definition) is 2. The zero-order valence-corrected chi connectivity index (χ0v) is 19.4. The number of benzene rings is 2. The van der Waals surface area contributed by atoms with E-state index in [2.05, 4.69) is 27.2 Å². The molecule has 4 aromatic rings. The fourth-order valence-electron chi connectivity index (χ4n) is 4.70. The summed E-state index contributed by atoms with van der Waals surface area (Å²) in [6.45, 7) is 0.834. The lowest BCUT2D eigenvalue weighted by atomic mass is 10.0. The maximum absolute atomic E-state index is 13.7. The van der Waals surface area contributed by atoms with E-state index in [1.165, 1.54) is 4.57 Å². The molecule has 0 saturated carbocycles. The number of likely N-dealkylation sites (tertiary alicyclic amines) is 1. The van der Waals surface area contributed by atoms with Crippen molar-refractivity contribution < 1.29 is 13.2 Å². The van der Waals surface area contributed by atoms with Crippen molar-refractivity contribution in [1.29, 1.82) is 0 Å². The molecule has 0 spiro atoms. The number of nitrogens with zero attached hydrogens (tertiary/aromatic N) is 4. The molecule has 3 heterocycles. The van der Waals surface area contributed by atoms with E-state index in [0.717, 1.165) is 42.6 Å². The molecule has 0 radical (unpaired) electrons. The Kier molecular flexibility index (Phi) is 6.10. The average molecular weight is 481 g/mol. The molecule has 1 aliphatic rings. The molecule has 0 aliphatic carbocycles. The summed E-state index contributed by atoms with van der Waals surface area (Å²) >= 11 is 0. The van der Waals surface area contributed by atoms with Gasteiger partial charge in [-0.05, 0) is 57.2 Å². The van der Waals surface area contributed by atoms with Crippen LogP contribution in [-0.2, 0) is 6.54 Å². The molecule has 1 fully saturated rings. The highest BCUT2D eigenvalue weighted by Gasteiger charge is 2.31. The van der Waals surface area contributed by atoms with Gasteiger partial charge in [0, 0.05) is 22.7 Å². The number of fused-ring (bicyclic) bond motifs is 1. The third kappa shape index (κ3) is 5.09. The van der Waals surface area contributed by atoms with Crippen LogP contribution in [0.3, 0.4) is 0 Å². The van der Waals surface area contributed by atoms with Gasteiger partial charge >= 0.3 is 6.18 Å². The highest BCUT2D eigenvalue weighted by Crippen LogP contribution is 2.36. The first-order chi connectivity index (χ1) is 16.8. The maximum atomic E-state index is 13.7. The molecular weight excluding hydrogens is 453 g/mol. The standard InChI is InChI=1S/C26H27F3N6/c1-34-12-10-18(11-13-34)31-20-8-5-9-23-19(20)14-24(35(23)16-26(27,28)29)22-15-21(32-25(30)33-22)17-6-3-2-4-7-17/h2-9,14-15,18,31H,10-13,16H2,1H3,(H2,30,32,33). The summed E-state index contributed by atoms with van der Waals surface area (Å²) < 4.78 is 42.3. The van der Waals surface area contributed by atoms with Crippen LogP contribution in [0.5, 0.6) is 0 Å². The lowest BCUT2D eigenvalue weighted by Gasteiger charge is -2.30. The molecule has 5 rings (SSSR count).